The lowest BCUT2D eigenvalue weighted by Crippen LogP contribution is -2.20. The van der Waals surface area contributed by atoms with Crippen LogP contribution in [0.3, 0.4) is 0 Å². The number of carbonyl (C=O) groups is 2. The lowest BCUT2D eigenvalue weighted by Gasteiger charge is -2.07. The zero-order valence-electron chi connectivity index (χ0n) is 12.7. The summed E-state index contributed by atoms with van der Waals surface area (Å²) in [5, 5.41) is 7.82. The van der Waals surface area contributed by atoms with Crippen molar-refractivity contribution in [2.75, 3.05) is 12.4 Å². The summed E-state index contributed by atoms with van der Waals surface area (Å²) >= 11 is 1.03. The summed E-state index contributed by atoms with van der Waals surface area (Å²) in [6, 6.07) is 0. The molecule has 1 rings (SSSR count). The molecule has 0 aliphatic heterocycles. The van der Waals surface area contributed by atoms with E-state index in [1.165, 1.54) is 0 Å². The van der Waals surface area contributed by atoms with Gasteiger partial charge in [0.25, 0.3) is 5.56 Å². The van der Waals surface area contributed by atoms with Gasteiger partial charge in [0.1, 0.15) is 5.69 Å². The van der Waals surface area contributed by atoms with Crippen LogP contribution >= 0.6 is 11.8 Å². The minimum absolute atomic E-state index is 0.0402. The van der Waals surface area contributed by atoms with Gasteiger partial charge in [-0.05, 0) is 20.8 Å². The average Bonchev–Trinajstić information content (AvgIpc) is 2.43. The second-order valence-corrected chi connectivity index (χ2v) is 5.50. The number of esters is 2. The minimum atomic E-state index is -0.432. The molecule has 0 atom stereocenters. The zero-order valence-corrected chi connectivity index (χ0v) is 13.6. The van der Waals surface area contributed by atoms with Crippen LogP contribution in [0.1, 0.15) is 32.9 Å². The van der Waals surface area contributed by atoms with E-state index in [9.17, 15) is 14.4 Å². The van der Waals surface area contributed by atoms with E-state index in [4.69, 9.17) is 9.47 Å². The highest BCUT2D eigenvalue weighted by Crippen LogP contribution is 2.10. The van der Waals surface area contributed by atoms with Crippen LogP contribution in [-0.2, 0) is 25.5 Å². The first-order valence-corrected chi connectivity index (χ1v) is 7.84. The summed E-state index contributed by atoms with van der Waals surface area (Å²) in [6.07, 6.45) is 0.0145. The van der Waals surface area contributed by atoms with Crippen LogP contribution < -0.4 is 5.56 Å². The molecule has 0 bridgehead atoms. The van der Waals surface area contributed by atoms with Crippen LogP contribution in [-0.4, -0.2) is 45.6 Å². The van der Waals surface area contributed by atoms with Gasteiger partial charge in [0.15, 0.2) is 5.16 Å². The Bertz CT molecular complexity index is 573. The van der Waals surface area contributed by atoms with Gasteiger partial charge in [-0.2, -0.15) is 0 Å². The molecule has 9 heteroatoms. The summed E-state index contributed by atoms with van der Waals surface area (Å²) in [5.74, 6) is -0.744. The van der Waals surface area contributed by atoms with E-state index >= 15 is 0 Å². The molecule has 122 valence electrons. The fourth-order valence-electron chi connectivity index (χ4n) is 1.45. The van der Waals surface area contributed by atoms with Crippen LogP contribution in [0, 0.1) is 0 Å². The summed E-state index contributed by atoms with van der Waals surface area (Å²) in [4.78, 5) is 36.9. The predicted molar refractivity (Wildman–Crippen MR) is 79.6 cm³/mol. The summed E-state index contributed by atoms with van der Waals surface area (Å²) in [7, 11) is 0. The number of nitrogens with one attached hydrogen (secondary N) is 1. The molecule has 0 radical (unpaired) electrons. The highest BCUT2D eigenvalue weighted by Gasteiger charge is 2.11. The fraction of sp³-hybridized carbons (Fsp3) is 0.615. The van der Waals surface area contributed by atoms with Gasteiger partial charge in [0, 0.05) is 6.42 Å². The van der Waals surface area contributed by atoms with E-state index in [1.54, 1.807) is 20.8 Å². The van der Waals surface area contributed by atoms with Crippen molar-refractivity contribution in [2.45, 2.75) is 44.9 Å². The number of nitrogens with zero attached hydrogens (tertiary/aromatic N) is 2. The second kappa shape index (κ2) is 9.19. The third-order valence-corrected chi connectivity index (χ3v) is 3.15. The number of H-pyrrole nitrogens is 1. The molecular formula is C13H19N3O5S. The van der Waals surface area contributed by atoms with Crippen molar-refractivity contribution < 1.29 is 19.1 Å². The smallest absolute Gasteiger partial charge is 0.316 e. The lowest BCUT2D eigenvalue weighted by atomic mass is 10.2. The molecule has 0 fully saturated rings. The van der Waals surface area contributed by atoms with Gasteiger partial charge in [-0.1, -0.05) is 11.8 Å². The first kappa shape index (κ1) is 18.1. The Labute approximate surface area is 132 Å². The van der Waals surface area contributed by atoms with E-state index in [1.807, 2.05) is 0 Å². The van der Waals surface area contributed by atoms with E-state index in [-0.39, 0.29) is 35.5 Å². The fourth-order valence-corrected chi connectivity index (χ4v) is 2.05. The Hall–Kier alpha value is -1.90. The number of aromatic amines is 1. The maximum Gasteiger partial charge on any atom is 0.316 e. The summed E-state index contributed by atoms with van der Waals surface area (Å²) in [6.45, 7) is 5.51. The van der Waals surface area contributed by atoms with Crippen LogP contribution in [0.15, 0.2) is 9.95 Å². The average molecular weight is 329 g/mol. The number of hydrogen-bond acceptors (Lipinski definition) is 8. The minimum Gasteiger partial charge on any atom is -0.465 e. The quantitative estimate of drug-likeness (QED) is 0.548. The van der Waals surface area contributed by atoms with E-state index < -0.39 is 17.5 Å². The summed E-state index contributed by atoms with van der Waals surface area (Å²) < 4.78 is 9.73. The predicted octanol–water partition coefficient (Wildman–Crippen LogP) is 0.704. The molecule has 0 unspecified atom stereocenters. The van der Waals surface area contributed by atoms with Crippen LogP contribution in [0.2, 0.25) is 0 Å². The summed E-state index contributed by atoms with van der Waals surface area (Å²) in [5.41, 5.74) is -0.278. The molecule has 0 aliphatic carbocycles. The van der Waals surface area contributed by atoms with Crippen molar-refractivity contribution in [3.63, 3.8) is 0 Å². The number of aromatic nitrogens is 3. The molecule has 0 saturated carbocycles. The molecule has 0 saturated heterocycles. The number of thioether (sulfide) groups is 1. The van der Waals surface area contributed by atoms with Gasteiger partial charge in [0.2, 0.25) is 0 Å². The van der Waals surface area contributed by atoms with Crippen molar-refractivity contribution in [3.05, 3.63) is 16.0 Å². The number of rotatable bonds is 8. The van der Waals surface area contributed by atoms with Crippen LogP contribution in [0.25, 0.3) is 0 Å². The largest absolute Gasteiger partial charge is 0.465 e. The Morgan fingerprint density at radius 1 is 1.27 bits per heavy atom. The Balaban J connectivity index is 2.53. The number of aryl methyl sites for hydroxylation is 1. The van der Waals surface area contributed by atoms with Crippen molar-refractivity contribution in [1.29, 1.82) is 0 Å². The maximum absolute atomic E-state index is 11.8. The third-order valence-electron chi connectivity index (χ3n) is 2.31. The lowest BCUT2D eigenvalue weighted by molar-refractivity contribution is -0.147. The molecule has 22 heavy (non-hydrogen) atoms. The van der Waals surface area contributed by atoms with Crippen LogP contribution in [0.4, 0.5) is 0 Å². The van der Waals surface area contributed by atoms with Gasteiger partial charge in [-0.15, -0.1) is 10.2 Å². The standard InChI is InChI=1S/C13H19N3O5S/c1-4-20-11(18)7-22-13-14-12(19)9(15-16-13)5-6-10(17)21-8(2)3/h8H,4-7H2,1-3H3,(H,14,16,19). The third kappa shape index (κ3) is 6.70. The first-order valence-electron chi connectivity index (χ1n) is 6.86. The maximum atomic E-state index is 11.8. The number of carbonyl (C=O) groups excluding carboxylic acids is 2. The van der Waals surface area contributed by atoms with E-state index in [0.29, 0.717) is 6.61 Å². The SMILES string of the molecule is CCOC(=O)CSc1nnc(CCC(=O)OC(C)C)c(=O)[nH]1. The number of hydrogen-bond donors (Lipinski definition) is 1. The van der Waals surface area contributed by atoms with E-state index in [2.05, 4.69) is 15.2 Å². The van der Waals surface area contributed by atoms with Crippen molar-refractivity contribution in [1.82, 2.24) is 15.2 Å². The molecule has 0 amide bonds. The zero-order chi connectivity index (χ0) is 16.5. The highest BCUT2D eigenvalue weighted by atomic mass is 32.2. The molecule has 1 heterocycles. The molecular weight excluding hydrogens is 310 g/mol. The molecule has 1 aromatic rings. The monoisotopic (exact) mass is 329 g/mol. The van der Waals surface area contributed by atoms with Gasteiger partial charge in [-0.3, -0.25) is 19.4 Å². The van der Waals surface area contributed by atoms with Gasteiger partial charge in [0.05, 0.1) is 24.9 Å². The highest BCUT2D eigenvalue weighted by molar-refractivity contribution is 7.99. The molecule has 0 spiro atoms. The second-order valence-electron chi connectivity index (χ2n) is 4.54. The van der Waals surface area contributed by atoms with Gasteiger partial charge in [-0.25, -0.2) is 0 Å². The van der Waals surface area contributed by atoms with Gasteiger partial charge < -0.3 is 9.47 Å². The molecule has 1 N–H and O–H groups in total. The molecule has 0 aliphatic rings. The Morgan fingerprint density at radius 2 is 2.00 bits per heavy atom. The van der Waals surface area contributed by atoms with Crippen molar-refractivity contribution in [2.24, 2.45) is 0 Å². The van der Waals surface area contributed by atoms with Crippen molar-refractivity contribution in [3.8, 4) is 0 Å². The Kier molecular flexibility index (Phi) is 7.58. The Morgan fingerprint density at radius 3 is 2.59 bits per heavy atom. The first-order chi connectivity index (χ1) is 10.4. The molecule has 8 nitrogen and oxygen atoms in total. The van der Waals surface area contributed by atoms with Gasteiger partial charge >= 0.3 is 11.9 Å². The van der Waals surface area contributed by atoms with Crippen LogP contribution in [0.5, 0.6) is 0 Å². The van der Waals surface area contributed by atoms with E-state index in [0.717, 1.165) is 11.8 Å². The normalized spacial score (nSPS) is 10.5. The molecule has 1 aromatic heterocycles. The van der Waals surface area contributed by atoms with Crippen molar-refractivity contribution >= 4 is 23.7 Å². The molecule has 0 aromatic carbocycles. The number of ether oxygens (including phenoxy) is 2. The topological polar surface area (TPSA) is 111 Å².